The number of thiazole rings is 1. The highest BCUT2D eigenvalue weighted by atomic mass is 32.1. The molecule has 96 valence electrons. The Labute approximate surface area is 109 Å². The highest BCUT2D eigenvalue weighted by Crippen LogP contribution is 2.32. The van der Waals surface area contributed by atoms with E-state index in [9.17, 15) is 0 Å². The lowest BCUT2D eigenvalue weighted by Crippen LogP contribution is -2.22. The van der Waals surface area contributed by atoms with Crippen molar-refractivity contribution in [2.24, 2.45) is 5.73 Å². The van der Waals surface area contributed by atoms with Crippen LogP contribution in [0.15, 0.2) is 9.90 Å². The Morgan fingerprint density at radius 2 is 2.33 bits per heavy atom. The summed E-state index contributed by atoms with van der Waals surface area (Å²) >= 11 is 1.63. The van der Waals surface area contributed by atoms with Gasteiger partial charge in [0.1, 0.15) is 5.01 Å². The molecule has 2 atom stereocenters. The summed E-state index contributed by atoms with van der Waals surface area (Å²) in [6, 6.07) is 0.167. The maximum Gasteiger partial charge on any atom is 0.231 e. The highest BCUT2D eigenvalue weighted by molar-refractivity contribution is 7.09. The van der Waals surface area contributed by atoms with Crippen LogP contribution in [0.3, 0.4) is 0 Å². The fourth-order valence-corrected chi connectivity index (χ4v) is 3.17. The van der Waals surface area contributed by atoms with E-state index in [0.717, 1.165) is 30.0 Å². The molecular formula is C12H16N4OS. The van der Waals surface area contributed by atoms with Crippen molar-refractivity contribution in [3.05, 3.63) is 27.8 Å². The zero-order chi connectivity index (χ0) is 12.5. The first kappa shape index (κ1) is 11.8. The molecule has 2 aromatic heterocycles. The van der Waals surface area contributed by atoms with Crippen LogP contribution in [0.4, 0.5) is 0 Å². The van der Waals surface area contributed by atoms with Gasteiger partial charge < -0.3 is 10.3 Å². The van der Waals surface area contributed by atoms with Gasteiger partial charge in [0.25, 0.3) is 0 Å². The molecule has 0 aliphatic heterocycles. The summed E-state index contributed by atoms with van der Waals surface area (Å²) in [4.78, 5) is 8.86. The smallest absolute Gasteiger partial charge is 0.231 e. The molecule has 1 aliphatic carbocycles. The van der Waals surface area contributed by atoms with Crippen molar-refractivity contribution in [2.75, 3.05) is 0 Å². The van der Waals surface area contributed by atoms with Crippen LogP contribution < -0.4 is 5.73 Å². The third-order valence-electron chi connectivity index (χ3n) is 3.35. The maximum atomic E-state index is 6.04. The molecular weight excluding hydrogens is 248 g/mol. The second kappa shape index (κ2) is 4.78. The highest BCUT2D eigenvalue weighted by Gasteiger charge is 2.30. The first-order valence-electron chi connectivity index (χ1n) is 6.21. The largest absolute Gasteiger partial charge is 0.339 e. The molecule has 0 bridgehead atoms. The van der Waals surface area contributed by atoms with Gasteiger partial charge in [0, 0.05) is 17.1 Å². The molecule has 6 heteroatoms. The number of nitrogens with zero attached hydrogens (tertiary/aromatic N) is 3. The zero-order valence-electron chi connectivity index (χ0n) is 10.3. The van der Waals surface area contributed by atoms with E-state index in [1.54, 1.807) is 11.3 Å². The van der Waals surface area contributed by atoms with Crippen molar-refractivity contribution < 1.29 is 4.52 Å². The third kappa shape index (κ3) is 2.30. The average Bonchev–Trinajstić information content (AvgIpc) is 3.02. The van der Waals surface area contributed by atoms with Crippen LogP contribution in [-0.2, 0) is 6.42 Å². The monoisotopic (exact) mass is 264 g/mol. The normalized spacial score (nSPS) is 23.7. The first-order valence-corrected chi connectivity index (χ1v) is 7.09. The van der Waals surface area contributed by atoms with Gasteiger partial charge in [-0.05, 0) is 19.8 Å². The second-order valence-electron chi connectivity index (χ2n) is 4.81. The maximum absolute atomic E-state index is 6.04. The van der Waals surface area contributed by atoms with Crippen molar-refractivity contribution >= 4 is 11.3 Å². The van der Waals surface area contributed by atoms with Crippen molar-refractivity contribution in [3.63, 3.8) is 0 Å². The third-order valence-corrected chi connectivity index (χ3v) is 4.31. The minimum atomic E-state index is 0.167. The van der Waals surface area contributed by atoms with Crippen molar-refractivity contribution in [2.45, 2.75) is 44.6 Å². The van der Waals surface area contributed by atoms with Crippen LogP contribution in [-0.4, -0.2) is 21.2 Å². The minimum absolute atomic E-state index is 0.167. The van der Waals surface area contributed by atoms with Crippen LogP contribution in [0.5, 0.6) is 0 Å². The Morgan fingerprint density at radius 3 is 3.00 bits per heavy atom. The molecule has 0 aromatic carbocycles. The molecule has 1 aliphatic rings. The summed E-state index contributed by atoms with van der Waals surface area (Å²) in [6.45, 7) is 1.99. The van der Waals surface area contributed by atoms with E-state index in [2.05, 4.69) is 15.1 Å². The number of aryl methyl sites for hydroxylation is 1. The zero-order valence-corrected chi connectivity index (χ0v) is 11.1. The Balaban J connectivity index is 1.73. The molecule has 5 nitrogen and oxygen atoms in total. The molecule has 2 N–H and O–H groups in total. The quantitative estimate of drug-likeness (QED) is 0.917. The molecule has 2 unspecified atom stereocenters. The van der Waals surface area contributed by atoms with Gasteiger partial charge in [-0.1, -0.05) is 11.6 Å². The molecule has 1 fully saturated rings. The van der Waals surface area contributed by atoms with Gasteiger partial charge in [0.2, 0.25) is 5.89 Å². The number of rotatable bonds is 3. The molecule has 0 amide bonds. The molecule has 18 heavy (non-hydrogen) atoms. The summed E-state index contributed by atoms with van der Waals surface area (Å²) in [6.07, 6.45) is 3.90. The van der Waals surface area contributed by atoms with Crippen LogP contribution in [0.2, 0.25) is 0 Å². The minimum Gasteiger partial charge on any atom is -0.339 e. The number of hydrogen-bond acceptors (Lipinski definition) is 6. The molecule has 1 saturated carbocycles. The number of hydrogen-bond donors (Lipinski definition) is 1. The lowest BCUT2D eigenvalue weighted by Gasteiger charge is -2.08. The average molecular weight is 264 g/mol. The van der Waals surface area contributed by atoms with Gasteiger partial charge in [0.15, 0.2) is 5.82 Å². The van der Waals surface area contributed by atoms with Crippen LogP contribution in [0, 0.1) is 6.92 Å². The Bertz CT molecular complexity index is 536. The summed E-state index contributed by atoms with van der Waals surface area (Å²) < 4.78 is 5.33. The fraction of sp³-hybridized carbons (Fsp3) is 0.583. The van der Waals surface area contributed by atoms with Crippen molar-refractivity contribution in [1.82, 2.24) is 15.1 Å². The summed E-state index contributed by atoms with van der Waals surface area (Å²) in [5.41, 5.74) is 7.08. The van der Waals surface area contributed by atoms with Crippen molar-refractivity contribution in [1.29, 1.82) is 0 Å². The summed E-state index contributed by atoms with van der Waals surface area (Å²) in [5, 5.41) is 7.08. The lowest BCUT2D eigenvalue weighted by molar-refractivity contribution is 0.342. The van der Waals surface area contributed by atoms with Gasteiger partial charge in [-0.2, -0.15) is 4.98 Å². The summed E-state index contributed by atoms with van der Waals surface area (Å²) in [5.74, 6) is 1.64. The van der Waals surface area contributed by atoms with E-state index in [0.29, 0.717) is 18.1 Å². The first-order chi connectivity index (χ1) is 8.72. The fourth-order valence-electron chi connectivity index (χ4n) is 2.40. The molecule has 3 rings (SSSR count). The van der Waals surface area contributed by atoms with Crippen molar-refractivity contribution in [3.8, 4) is 0 Å². The van der Waals surface area contributed by atoms with Gasteiger partial charge in [-0.3, -0.25) is 0 Å². The Morgan fingerprint density at radius 1 is 1.44 bits per heavy atom. The van der Waals surface area contributed by atoms with Crippen LogP contribution in [0.1, 0.15) is 47.6 Å². The van der Waals surface area contributed by atoms with E-state index in [4.69, 9.17) is 10.3 Å². The predicted molar refractivity (Wildman–Crippen MR) is 68.5 cm³/mol. The van der Waals surface area contributed by atoms with Crippen LogP contribution in [0.25, 0.3) is 0 Å². The molecule has 0 saturated heterocycles. The lowest BCUT2D eigenvalue weighted by atomic mass is 10.1. The Hall–Kier alpha value is -1.27. The van der Waals surface area contributed by atoms with E-state index in [-0.39, 0.29) is 12.0 Å². The van der Waals surface area contributed by atoms with E-state index < -0.39 is 0 Å². The SMILES string of the molecule is Cc1csc(Cc2noc(C3CCCC3N)n2)n1. The Kier molecular flexibility index (Phi) is 3.13. The van der Waals surface area contributed by atoms with Gasteiger partial charge in [0.05, 0.1) is 12.3 Å². The molecule has 0 spiro atoms. The molecule has 2 heterocycles. The van der Waals surface area contributed by atoms with E-state index in [1.165, 1.54) is 0 Å². The number of nitrogens with two attached hydrogens (primary N) is 1. The van der Waals surface area contributed by atoms with E-state index in [1.807, 2.05) is 12.3 Å². The van der Waals surface area contributed by atoms with Gasteiger partial charge in [-0.25, -0.2) is 4.98 Å². The standard InChI is InChI=1S/C12H16N4OS/c1-7-6-18-11(14-7)5-10-15-12(17-16-10)8-3-2-4-9(8)13/h6,8-9H,2-5,13H2,1H3. The molecule has 2 aromatic rings. The number of aromatic nitrogens is 3. The van der Waals surface area contributed by atoms with Gasteiger partial charge >= 0.3 is 0 Å². The molecule has 0 radical (unpaired) electrons. The van der Waals surface area contributed by atoms with Gasteiger partial charge in [-0.15, -0.1) is 11.3 Å². The summed E-state index contributed by atoms with van der Waals surface area (Å²) in [7, 11) is 0. The second-order valence-corrected chi connectivity index (χ2v) is 5.75. The predicted octanol–water partition coefficient (Wildman–Crippen LogP) is 2.02. The van der Waals surface area contributed by atoms with E-state index >= 15 is 0 Å². The van der Waals surface area contributed by atoms with Crippen LogP contribution >= 0.6 is 11.3 Å². The topological polar surface area (TPSA) is 77.8 Å².